The fourth-order valence-corrected chi connectivity index (χ4v) is 3.72. The zero-order chi connectivity index (χ0) is 23.5. The van der Waals surface area contributed by atoms with Gasteiger partial charge in [-0.2, -0.15) is 0 Å². The predicted molar refractivity (Wildman–Crippen MR) is 117 cm³/mol. The van der Waals surface area contributed by atoms with Crippen LogP contribution in [0.1, 0.15) is 5.56 Å². The lowest BCUT2D eigenvalue weighted by molar-refractivity contribution is -0.233. The molecule has 4 rings (SSSR count). The molecule has 2 aliphatic heterocycles. The van der Waals surface area contributed by atoms with E-state index in [1.54, 1.807) is 38.5 Å². The van der Waals surface area contributed by atoms with Gasteiger partial charge in [0.15, 0.2) is 11.5 Å². The summed E-state index contributed by atoms with van der Waals surface area (Å²) in [5.74, 6) is -0.992. The molecule has 2 aromatic carbocycles. The number of hydrogen-bond donors (Lipinski definition) is 0. The van der Waals surface area contributed by atoms with Gasteiger partial charge < -0.3 is 19.0 Å². The highest BCUT2D eigenvalue weighted by Crippen LogP contribution is 2.35. The molecule has 2 aromatic rings. The summed E-state index contributed by atoms with van der Waals surface area (Å²) < 4.78 is 15.7. The molecule has 2 heterocycles. The molecule has 33 heavy (non-hydrogen) atoms. The number of ether oxygens (including phenoxy) is 3. The number of para-hydroxylation sites is 1. The van der Waals surface area contributed by atoms with Crippen LogP contribution >= 0.6 is 23.2 Å². The Bertz CT molecular complexity index is 1090. The molecular formula is C21H19Cl2N3O7. The zero-order valence-electron chi connectivity index (χ0n) is 17.6. The van der Waals surface area contributed by atoms with Crippen molar-refractivity contribution < 1.29 is 33.5 Å². The second-order valence-corrected chi connectivity index (χ2v) is 7.69. The van der Waals surface area contributed by atoms with Crippen molar-refractivity contribution in [2.45, 2.75) is 12.6 Å². The third-order valence-corrected chi connectivity index (χ3v) is 5.44. The SMILES string of the molecule is COc1ccc(CCON2CC3OC(=O)C(=O)ON3C2=Nc2c(Cl)cccc2Cl)cc1OC. The van der Waals surface area contributed by atoms with Gasteiger partial charge in [0.05, 0.1) is 30.9 Å². The Labute approximate surface area is 199 Å². The Hall–Kier alpha value is -3.21. The van der Waals surface area contributed by atoms with E-state index < -0.39 is 18.2 Å². The second-order valence-electron chi connectivity index (χ2n) is 6.88. The van der Waals surface area contributed by atoms with E-state index in [4.69, 9.17) is 47.1 Å². The van der Waals surface area contributed by atoms with Crippen LogP contribution in [0.2, 0.25) is 10.0 Å². The van der Waals surface area contributed by atoms with Gasteiger partial charge in [0.25, 0.3) is 5.96 Å². The summed E-state index contributed by atoms with van der Waals surface area (Å²) in [5.41, 5.74) is 1.19. The van der Waals surface area contributed by atoms with Crippen LogP contribution in [0.25, 0.3) is 0 Å². The normalized spacial score (nSPS) is 18.8. The Kier molecular flexibility index (Phi) is 6.77. The van der Waals surface area contributed by atoms with Crippen LogP contribution in [-0.2, 0) is 30.4 Å². The lowest BCUT2D eigenvalue weighted by atomic mass is 10.1. The van der Waals surface area contributed by atoms with E-state index >= 15 is 0 Å². The van der Waals surface area contributed by atoms with Crippen LogP contribution < -0.4 is 9.47 Å². The number of hydroxylamine groups is 4. The number of carbonyl (C=O) groups is 2. The molecule has 0 radical (unpaired) electrons. The molecule has 174 valence electrons. The summed E-state index contributed by atoms with van der Waals surface area (Å²) in [6, 6.07) is 10.4. The molecule has 0 aliphatic carbocycles. The summed E-state index contributed by atoms with van der Waals surface area (Å²) in [4.78, 5) is 38.8. The van der Waals surface area contributed by atoms with Crippen LogP contribution in [0.4, 0.5) is 5.69 Å². The molecule has 0 bridgehead atoms. The van der Waals surface area contributed by atoms with Gasteiger partial charge in [-0.1, -0.05) is 35.3 Å². The molecule has 12 heteroatoms. The van der Waals surface area contributed by atoms with Crippen molar-refractivity contribution in [1.29, 1.82) is 0 Å². The van der Waals surface area contributed by atoms with Crippen molar-refractivity contribution in [3.8, 4) is 11.5 Å². The van der Waals surface area contributed by atoms with E-state index in [1.807, 2.05) is 12.1 Å². The summed E-state index contributed by atoms with van der Waals surface area (Å²) >= 11 is 12.5. The van der Waals surface area contributed by atoms with Gasteiger partial charge in [-0.15, -0.1) is 5.06 Å². The lowest BCUT2D eigenvalue weighted by Crippen LogP contribution is -2.47. The topological polar surface area (TPSA) is 99.1 Å². The maximum absolute atomic E-state index is 11.8. The number of fused-ring (bicyclic) bond motifs is 1. The molecule has 0 aromatic heterocycles. The fourth-order valence-electron chi connectivity index (χ4n) is 3.24. The Balaban J connectivity index is 1.55. The molecule has 2 aliphatic rings. The molecule has 0 amide bonds. The average molecular weight is 496 g/mol. The monoisotopic (exact) mass is 495 g/mol. The van der Waals surface area contributed by atoms with Crippen LogP contribution in [0.15, 0.2) is 41.4 Å². The van der Waals surface area contributed by atoms with Crippen molar-refractivity contribution in [2.75, 3.05) is 27.4 Å². The van der Waals surface area contributed by atoms with Gasteiger partial charge in [-0.25, -0.2) is 19.6 Å². The average Bonchev–Trinajstić information content (AvgIpc) is 3.12. The van der Waals surface area contributed by atoms with Gasteiger partial charge in [0, 0.05) is 0 Å². The molecular weight excluding hydrogens is 477 g/mol. The number of guanidine groups is 1. The smallest absolute Gasteiger partial charge is 0.441 e. The number of esters is 1. The number of rotatable bonds is 7. The fraction of sp³-hybridized carbons (Fsp3) is 0.286. The predicted octanol–water partition coefficient (Wildman–Crippen LogP) is 3.13. The quantitative estimate of drug-likeness (QED) is 0.423. The molecule has 10 nitrogen and oxygen atoms in total. The van der Waals surface area contributed by atoms with Gasteiger partial charge in [0.1, 0.15) is 12.2 Å². The van der Waals surface area contributed by atoms with Gasteiger partial charge >= 0.3 is 11.9 Å². The summed E-state index contributed by atoms with van der Waals surface area (Å²) in [7, 11) is 3.12. The summed E-state index contributed by atoms with van der Waals surface area (Å²) in [6.07, 6.45) is -0.419. The van der Waals surface area contributed by atoms with Crippen LogP contribution in [0.5, 0.6) is 11.5 Å². The number of hydrogen-bond acceptors (Lipinski definition) is 8. The van der Waals surface area contributed by atoms with E-state index in [0.717, 1.165) is 10.6 Å². The number of methoxy groups -OCH3 is 2. The minimum atomic E-state index is -1.17. The van der Waals surface area contributed by atoms with Gasteiger partial charge in [-0.3, -0.25) is 4.84 Å². The molecule has 0 saturated carbocycles. The first-order valence-corrected chi connectivity index (χ1v) is 10.5. The summed E-state index contributed by atoms with van der Waals surface area (Å²) in [5, 5.41) is 2.98. The minimum absolute atomic E-state index is 0.0475. The number of carbonyl (C=O) groups excluding carboxylic acids is 2. The highest BCUT2D eigenvalue weighted by molar-refractivity contribution is 6.38. The van der Waals surface area contributed by atoms with E-state index in [0.29, 0.717) is 17.9 Å². The number of nitrogens with zero attached hydrogens (tertiary/aromatic N) is 3. The first-order valence-electron chi connectivity index (χ1n) is 9.77. The molecule has 1 atom stereocenters. The van der Waals surface area contributed by atoms with Crippen molar-refractivity contribution >= 4 is 46.8 Å². The van der Waals surface area contributed by atoms with Crippen LogP contribution in [0.3, 0.4) is 0 Å². The Morgan fingerprint density at radius 1 is 1.06 bits per heavy atom. The highest BCUT2D eigenvalue weighted by Gasteiger charge is 2.48. The third kappa shape index (κ3) is 4.77. The summed E-state index contributed by atoms with van der Waals surface area (Å²) in [6.45, 7) is 0.277. The van der Waals surface area contributed by atoms with Crippen molar-refractivity contribution in [2.24, 2.45) is 4.99 Å². The first kappa shape index (κ1) is 23.0. The van der Waals surface area contributed by atoms with Crippen molar-refractivity contribution in [3.63, 3.8) is 0 Å². The largest absolute Gasteiger partial charge is 0.493 e. The standard InChI is InChI=1S/C21H19Cl2N3O7/c1-29-15-7-6-12(10-16(15)30-2)8-9-31-25-11-17-26(33-20(28)19(27)32-17)21(25)24-18-13(22)4-3-5-14(18)23/h3-7,10,17H,8-9,11H2,1-2H3. The second kappa shape index (κ2) is 9.74. The number of aliphatic imine (C=N–C) groups is 1. The van der Waals surface area contributed by atoms with Gasteiger partial charge in [0.2, 0.25) is 6.23 Å². The maximum Gasteiger partial charge on any atom is 0.441 e. The Morgan fingerprint density at radius 3 is 2.48 bits per heavy atom. The highest BCUT2D eigenvalue weighted by atomic mass is 35.5. The molecule has 0 N–H and O–H groups in total. The van der Waals surface area contributed by atoms with E-state index in [-0.39, 0.29) is 34.8 Å². The van der Waals surface area contributed by atoms with Crippen LogP contribution in [-0.4, -0.2) is 61.6 Å². The van der Waals surface area contributed by atoms with E-state index in [9.17, 15) is 9.59 Å². The molecule has 2 saturated heterocycles. The van der Waals surface area contributed by atoms with Crippen molar-refractivity contribution in [3.05, 3.63) is 52.0 Å². The first-order chi connectivity index (χ1) is 15.9. The third-order valence-electron chi connectivity index (χ3n) is 4.83. The van der Waals surface area contributed by atoms with E-state index in [2.05, 4.69) is 4.99 Å². The zero-order valence-corrected chi connectivity index (χ0v) is 19.1. The number of benzene rings is 2. The molecule has 2 fully saturated rings. The maximum atomic E-state index is 11.8. The molecule has 0 spiro atoms. The lowest BCUT2D eigenvalue weighted by Gasteiger charge is -2.26. The van der Waals surface area contributed by atoms with E-state index in [1.165, 1.54) is 5.06 Å². The van der Waals surface area contributed by atoms with Gasteiger partial charge in [-0.05, 0) is 36.2 Å². The van der Waals surface area contributed by atoms with Crippen molar-refractivity contribution in [1.82, 2.24) is 10.1 Å². The number of halogens is 2. The Morgan fingerprint density at radius 2 is 1.79 bits per heavy atom. The minimum Gasteiger partial charge on any atom is -0.493 e. The van der Waals surface area contributed by atoms with Crippen LogP contribution in [0, 0.1) is 0 Å². The molecule has 1 unspecified atom stereocenters.